The number of carbonyl (C=O) groups is 2. The molecule has 1 unspecified atom stereocenters. The number of hydrogen-bond acceptors (Lipinski definition) is 2. The first kappa shape index (κ1) is 29.0. The Morgan fingerprint density at radius 1 is 0.821 bits per heavy atom. The molecule has 0 spiro atoms. The molecule has 0 amide bonds. The Kier molecular flexibility index (Phi) is 19.7. The van der Waals surface area contributed by atoms with Crippen molar-refractivity contribution in [2.24, 2.45) is 5.92 Å². The first-order chi connectivity index (χ1) is 12.9. The minimum atomic E-state index is -1.26. The molecule has 0 aliphatic rings. The van der Waals surface area contributed by atoms with Crippen LogP contribution in [-0.2, 0) is 9.59 Å². The van der Waals surface area contributed by atoms with Crippen molar-refractivity contribution in [3.05, 3.63) is 35.9 Å². The molecule has 2 N–H and O–H groups in total. The zero-order chi connectivity index (χ0) is 20.5. The van der Waals surface area contributed by atoms with E-state index in [1.54, 1.807) is 6.92 Å². The second kappa shape index (κ2) is 19.1. The third kappa shape index (κ3) is 14.8. The van der Waals surface area contributed by atoms with Gasteiger partial charge in [-0.1, -0.05) is 102 Å². The average molecular weight is 387 g/mol. The molecule has 1 atom stereocenters. The van der Waals surface area contributed by atoms with Gasteiger partial charge in [0.05, 0.1) is 0 Å². The molecule has 5 heteroatoms. The van der Waals surface area contributed by atoms with E-state index in [0.717, 1.165) is 5.92 Å². The Balaban J connectivity index is -0.000000491. The Hall–Kier alpha value is -1.24. The number of aliphatic carboxylic acids is 2. The van der Waals surface area contributed by atoms with Gasteiger partial charge in [-0.2, -0.15) is 0 Å². The molecule has 1 aromatic rings. The van der Waals surface area contributed by atoms with Crippen LogP contribution in [0, 0.1) is 5.92 Å². The quantitative estimate of drug-likeness (QED) is 0.308. The maximum Gasteiger partial charge on any atom is 1.00 e. The summed E-state index contributed by atoms with van der Waals surface area (Å²) >= 11 is 0. The van der Waals surface area contributed by atoms with Crippen LogP contribution in [0.1, 0.15) is 97.9 Å². The predicted molar refractivity (Wildman–Crippen MR) is 112 cm³/mol. The van der Waals surface area contributed by atoms with Gasteiger partial charge in [0.2, 0.25) is 0 Å². The van der Waals surface area contributed by atoms with E-state index in [4.69, 9.17) is 10.2 Å². The molecule has 0 fully saturated rings. The second-order valence-electron chi connectivity index (χ2n) is 7.24. The van der Waals surface area contributed by atoms with Crippen molar-refractivity contribution in [1.29, 1.82) is 0 Å². The minimum absolute atomic E-state index is 0. The van der Waals surface area contributed by atoms with E-state index in [0.29, 0.717) is 6.42 Å². The molecule has 0 bridgehead atoms. The topological polar surface area (TPSA) is 74.6 Å². The molecule has 0 radical (unpaired) electrons. The minimum Gasteiger partial charge on any atom is -1.00 e. The van der Waals surface area contributed by atoms with Gasteiger partial charge in [0.15, 0.2) is 5.92 Å². The van der Waals surface area contributed by atoms with Crippen LogP contribution in [0.2, 0.25) is 0 Å². The molecule has 1 aromatic carbocycles. The summed E-state index contributed by atoms with van der Waals surface area (Å²) in [5.74, 6) is -3.01. The van der Waals surface area contributed by atoms with Crippen LogP contribution in [0.15, 0.2) is 30.3 Å². The first-order valence-corrected chi connectivity index (χ1v) is 10.4. The van der Waals surface area contributed by atoms with Crippen LogP contribution in [0.4, 0.5) is 0 Å². The SMILES string of the molecule is CCCC(C(=O)O)C(=O)O.CCCCCCCCCC(C)c1ccccc1.[H-].[Li+]. The molecule has 0 heterocycles. The number of carboxylic acids is 2. The molecule has 0 aromatic heterocycles. The van der Waals surface area contributed by atoms with Gasteiger partial charge in [-0.25, -0.2) is 0 Å². The molecule has 0 aliphatic carbocycles. The fourth-order valence-corrected chi connectivity index (χ4v) is 3.00. The zero-order valence-corrected chi connectivity index (χ0v) is 18.3. The van der Waals surface area contributed by atoms with Crippen LogP contribution in [0.5, 0.6) is 0 Å². The summed E-state index contributed by atoms with van der Waals surface area (Å²) in [5, 5.41) is 16.6. The van der Waals surface area contributed by atoms with E-state index in [9.17, 15) is 9.59 Å². The zero-order valence-electron chi connectivity index (χ0n) is 19.3. The summed E-state index contributed by atoms with van der Waals surface area (Å²) in [6.45, 7) is 6.38. The van der Waals surface area contributed by atoms with Crippen molar-refractivity contribution in [1.82, 2.24) is 0 Å². The smallest absolute Gasteiger partial charge is 1.00 e. The van der Waals surface area contributed by atoms with Crippen molar-refractivity contribution in [2.75, 3.05) is 0 Å². The van der Waals surface area contributed by atoms with E-state index in [-0.39, 0.29) is 26.7 Å². The van der Waals surface area contributed by atoms with Gasteiger partial charge in [0.1, 0.15) is 0 Å². The van der Waals surface area contributed by atoms with Crippen molar-refractivity contribution in [2.45, 2.75) is 90.9 Å². The standard InChI is InChI=1S/C17H28.C6H10O4.Li.H/c1-3-4-5-6-7-8-10-13-16(2)17-14-11-9-12-15-17;1-2-3-4(5(7)8)6(9)10;;/h9,11-12,14-16H,3-8,10,13H2,1-2H3;4H,2-3H2,1H3,(H,7,8)(H,9,10);;/q;;+1;-1. The number of rotatable bonds is 13. The molecule has 0 saturated carbocycles. The van der Waals surface area contributed by atoms with Gasteiger partial charge < -0.3 is 11.6 Å². The van der Waals surface area contributed by atoms with Crippen molar-refractivity contribution >= 4 is 11.9 Å². The third-order valence-electron chi connectivity index (χ3n) is 4.78. The largest absolute Gasteiger partial charge is 1.00 e. The number of benzene rings is 1. The van der Waals surface area contributed by atoms with E-state index in [2.05, 4.69) is 44.2 Å². The van der Waals surface area contributed by atoms with Crippen molar-refractivity contribution in [3.8, 4) is 0 Å². The van der Waals surface area contributed by atoms with Gasteiger partial charge in [0, 0.05) is 0 Å². The van der Waals surface area contributed by atoms with E-state index >= 15 is 0 Å². The molecular weight excluding hydrogens is 347 g/mol. The van der Waals surface area contributed by atoms with Gasteiger partial charge in [-0.3, -0.25) is 9.59 Å². The van der Waals surface area contributed by atoms with Gasteiger partial charge in [0.25, 0.3) is 0 Å². The molecule has 4 nitrogen and oxygen atoms in total. The average Bonchev–Trinajstić information content (AvgIpc) is 2.66. The summed E-state index contributed by atoms with van der Waals surface area (Å²) in [6.07, 6.45) is 12.0. The summed E-state index contributed by atoms with van der Waals surface area (Å²) < 4.78 is 0. The second-order valence-corrected chi connectivity index (χ2v) is 7.24. The van der Waals surface area contributed by atoms with Crippen LogP contribution in [0.3, 0.4) is 0 Å². The summed E-state index contributed by atoms with van der Waals surface area (Å²) in [4.78, 5) is 20.3. The van der Waals surface area contributed by atoms with Crippen LogP contribution in [-0.4, -0.2) is 22.2 Å². The number of unbranched alkanes of at least 4 members (excludes halogenated alkanes) is 6. The van der Waals surface area contributed by atoms with E-state index in [1.165, 1.54) is 56.9 Å². The molecule has 1 rings (SSSR count). The summed E-state index contributed by atoms with van der Waals surface area (Å²) in [6, 6.07) is 10.9. The van der Waals surface area contributed by atoms with Crippen LogP contribution in [0.25, 0.3) is 0 Å². The molecule has 0 saturated heterocycles. The van der Waals surface area contributed by atoms with E-state index < -0.39 is 17.9 Å². The fraction of sp³-hybridized carbons (Fsp3) is 0.652. The van der Waals surface area contributed by atoms with Gasteiger partial charge in [-0.15, -0.1) is 0 Å². The summed E-state index contributed by atoms with van der Waals surface area (Å²) in [7, 11) is 0. The molecule has 28 heavy (non-hydrogen) atoms. The first-order valence-electron chi connectivity index (χ1n) is 10.4. The number of hydrogen-bond donors (Lipinski definition) is 2. The normalized spacial score (nSPS) is 11.1. The van der Waals surface area contributed by atoms with Gasteiger partial charge >= 0.3 is 30.8 Å². The monoisotopic (exact) mass is 386 g/mol. The Morgan fingerprint density at radius 2 is 1.32 bits per heavy atom. The van der Waals surface area contributed by atoms with Crippen LogP contribution >= 0.6 is 0 Å². The Bertz CT molecular complexity index is 497. The fourth-order valence-electron chi connectivity index (χ4n) is 3.00. The van der Waals surface area contributed by atoms with Crippen molar-refractivity contribution < 1.29 is 40.1 Å². The molecular formula is C23H39LiO4. The third-order valence-corrected chi connectivity index (χ3v) is 4.78. The van der Waals surface area contributed by atoms with Crippen LogP contribution < -0.4 is 18.9 Å². The summed E-state index contributed by atoms with van der Waals surface area (Å²) in [5.41, 5.74) is 1.50. The Labute approximate surface area is 184 Å². The predicted octanol–water partition coefficient (Wildman–Crippen LogP) is 3.62. The molecule has 156 valence electrons. The van der Waals surface area contributed by atoms with E-state index in [1.807, 2.05) is 0 Å². The van der Waals surface area contributed by atoms with Crippen molar-refractivity contribution in [3.63, 3.8) is 0 Å². The maximum absolute atomic E-state index is 10.2. The van der Waals surface area contributed by atoms with Gasteiger partial charge in [-0.05, 0) is 24.3 Å². The Morgan fingerprint density at radius 3 is 1.75 bits per heavy atom. The number of carboxylic acid groups (broad SMARTS) is 2. The molecule has 0 aliphatic heterocycles. The maximum atomic E-state index is 10.2.